The number of carbonyl (C=O) groups is 2. The van der Waals surface area contributed by atoms with E-state index in [2.05, 4.69) is 4.74 Å². The van der Waals surface area contributed by atoms with Crippen LogP contribution in [0.4, 0.5) is 0 Å². The first-order chi connectivity index (χ1) is 5.71. The fourth-order valence-corrected chi connectivity index (χ4v) is 0.756. The standard InChI is InChI=1S/C7H12O5/c1-10-6(9)5(4-8)7(11-2)12-3/h4-5,7H,1-3H3. The highest BCUT2D eigenvalue weighted by Crippen LogP contribution is 2.07. The predicted molar refractivity (Wildman–Crippen MR) is 39.4 cm³/mol. The maximum Gasteiger partial charge on any atom is 0.321 e. The highest BCUT2D eigenvalue weighted by molar-refractivity contribution is 5.88. The van der Waals surface area contributed by atoms with Crippen LogP contribution >= 0.6 is 0 Å². The summed E-state index contributed by atoms with van der Waals surface area (Å²) in [4.78, 5) is 21.3. The van der Waals surface area contributed by atoms with Crippen LogP contribution in [0.2, 0.25) is 0 Å². The number of hydrogen-bond donors (Lipinski definition) is 0. The van der Waals surface area contributed by atoms with Gasteiger partial charge in [0.25, 0.3) is 0 Å². The van der Waals surface area contributed by atoms with Gasteiger partial charge in [0.2, 0.25) is 0 Å². The molecule has 0 N–H and O–H groups in total. The minimum atomic E-state index is -1.02. The molecule has 0 spiro atoms. The van der Waals surface area contributed by atoms with Crippen molar-refractivity contribution in [2.75, 3.05) is 21.3 Å². The summed E-state index contributed by atoms with van der Waals surface area (Å²) in [5.74, 6) is -1.69. The molecule has 0 aromatic rings. The van der Waals surface area contributed by atoms with Crippen molar-refractivity contribution in [3.63, 3.8) is 0 Å². The van der Waals surface area contributed by atoms with Crippen molar-refractivity contribution in [2.24, 2.45) is 5.92 Å². The molecule has 12 heavy (non-hydrogen) atoms. The van der Waals surface area contributed by atoms with Crippen LogP contribution in [0.15, 0.2) is 0 Å². The van der Waals surface area contributed by atoms with Crippen LogP contribution in [0.3, 0.4) is 0 Å². The maximum atomic E-state index is 10.9. The van der Waals surface area contributed by atoms with Gasteiger partial charge in [-0.2, -0.15) is 0 Å². The van der Waals surface area contributed by atoms with Crippen molar-refractivity contribution in [1.82, 2.24) is 0 Å². The van der Waals surface area contributed by atoms with Crippen molar-refractivity contribution in [3.8, 4) is 0 Å². The summed E-state index contributed by atoms with van der Waals surface area (Å²) in [5.41, 5.74) is 0. The highest BCUT2D eigenvalue weighted by Gasteiger charge is 2.28. The Hall–Kier alpha value is -0.940. The lowest BCUT2D eigenvalue weighted by molar-refractivity contribution is -0.174. The van der Waals surface area contributed by atoms with Gasteiger partial charge in [0.1, 0.15) is 6.29 Å². The molecule has 5 nitrogen and oxygen atoms in total. The van der Waals surface area contributed by atoms with Crippen molar-refractivity contribution in [3.05, 3.63) is 0 Å². The Morgan fingerprint density at radius 3 is 2.00 bits per heavy atom. The van der Waals surface area contributed by atoms with E-state index >= 15 is 0 Å². The molecule has 0 aliphatic heterocycles. The Bertz CT molecular complexity index is 152. The molecule has 0 heterocycles. The molecule has 5 heteroatoms. The zero-order valence-electron chi connectivity index (χ0n) is 7.27. The number of methoxy groups -OCH3 is 3. The van der Waals surface area contributed by atoms with E-state index in [0.29, 0.717) is 6.29 Å². The van der Waals surface area contributed by atoms with E-state index in [-0.39, 0.29) is 0 Å². The smallest absolute Gasteiger partial charge is 0.321 e. The van der Waals surface area contributed by atoms with Gasteiger partial charge in [-0.15, -0.1) is 0 Å². The summed E-state index contributed by atoms with van der Waals surface area (Å²) in [6.45, 7) is 0. The van der Waals surface area contributed by atoms with Crippen LogP contribution in [-0.4, -0.2) is 39.9 Å². The monoisotopic (exact) mass is 176 g/mol. The molecule has 70 valence electrons. The third-order valence-corrected chi connectivity index (χ3v) is 1.38. The van der Waals surface area contributed by atoms with Crippen LogP contribution in [0.5, 0.6) is 0 Å². The minimum absolute atomic E-state index is 0.434. The molecule has 0 radical (unpaired) electrons. The van der Waals surface area contributed by atoms with Gasteiger partial charge in [0.15, 0.2) is 12.2 Å². The van der Waals surface area contributed by atoms with Crippen molar-refractivity contribution < 1.29 is 23.8 Å². The second-order valence-corrected chi connectivity index (χ2v) is 2.02. The van der Waals surface area contributed by atoms with E-state index in [1.54, 1.807) is 0 Å². The van der Waals surface area contributed by atoms with Gasteiger partial charge in [0.05, 0.1) is 7.11 Å². The largest absolute Gasteiger partial charge is 0.468 e. The van der Waals surface area contributed by atoms with Gasteiger partial charge in [-0.25, -0.2) is 0 Å². The van der Waals surface area contributed by atoms with E-state index in [9.17, 15) is 9.59 Å². The zero-order chi connectivity index (χ0) is 9.56. The first-order valence-electron chi connectivity index (χ1n) is 3.30. The second kappa shape index (κ2) is 5.68. The lowest BCUT2D eigenvalue weighted by Crippen LogP contribution is -2.33. The molecule has 0 saturated heterocycles. The zero-order valence-corrected chi connectivity index (χ0v) is 7.27. The molecule has 0 aliphatic carbocycles. The molecule has 1 unspecified atom stereocenters. The number of carbonyl (C=O) groups excluding carboxylic acids is 2. The Morgan fingerprint density at radius 2 is 1.75 bits per heavy atom. The molecule has 0 saturated carbocycles. The molecule has 0 aromatic heterocycles. The molecule has 0 bridgehead atoms. The molecule has 1 atom stereocenters. The van der Waals surface area contributed by atoms with Crippen LogP contribution in [0, 0.1) is 5.92 Å². The normalized spacial score (nSPS) is 12.7. The number of aldehydes is 1. The molecule has 0 aliphatic rings. The topological polar surface area (TPSA) is 61.8 Å². The summed E-state index contributed by atoms with van der Waals surface area (Å²) < 4.78 is 13.8. The molecular weight excluding hydrogens is 164 g/mol. The lowest BCUT2D eigenvalue weighted by Gasteiger charge is -2.17. The van der Waals surface area contributed by atoms with Crippen molar-refractivity contribution in [1.29, 1.82) is 0 Å². The van der Waals surface area contributed by atoms with Crippen molar-refractivity contribution in [2.45, 2.75) is 6.29 Å². The average Bonchev–Trinajstić information content (AvgIpc) is 2.12. The minimum Gasteiger partial charge on any atom is -0.468 e. The molecule has 0 aromatic carbocycles. The fraction of sp³-hybridized carbons (Fsp3) is 0.714. The summed E-state index contributed by atoms with van der Waals surface area (Å²) in [5, 5.41) is 0. The summed E-state index contributed by atoms with van der Waals surface area (Å²) in [6, 6.07) is 0. The third-order valence-electron chi connectivity index (χ3n) is 1.38. The Labute approximate surface area is 70.6 Å². The highest BCUT2D eigenvalue weighted by atomic mass is 16.7. The van der Waals surface area contributed by atoms with Crippen LogP contribution in [0.1, 0.15) is 0 Å². The second-order valence-electron chi connectivity index (χ2n) is 2.02. The van der Waals surface area contributed by atoms with Gasteiger partial charge in [-0.1, -0.05) is 0 Å². The van der Waals surface area contributed by atoms with E-state index in [4.69, 9.17) is 9.47 Å². The first-order valence-corrected chi connectivity index (χ1v) is 3.30. The summed E-state index contributed by atoms with van der Waals surface area (Å²) >= 11 is 0. The van der Waals surface area contributed by atoms with Crippen LogP contribution < -0.4 is 0 Å². The number of hydrogen-bond acceptors (Lipinski definition) is 5. The number of esters is 1. The summed E-state index contributed by atoms with van der Waals surface area (Å²) in [7, 11) is 3.88. The average molecular weight is 176 g/mol. The van der Waals surface area contributed by atoms with Gasteiger partial charge in [-0.05, 0) is 0 Å². The quantitative estimate of drug-likeness (QED) is 0.247. The van der Waals surface area contributed by atoms with Gasteiger partial charge >= 0.3 is 5.97 Å². The first kappa shape index (κ1) is 11.1. The molecule has 0 fully saturated rings. The third kappa shape index (κ3) is 2.60. The molecular formula is C7H12O5. The molecule has 0 rings (SSSR count). The predicted octanol–water partition coefficient (Wildman–Crippen LogP) is -0.407. The van der Waals surface area contributed by atoms with E-state index in [1.165, 1.54) is 21.3 Å². The van der Waals surface area contributed by atoms with Gasteiger partial charge < -0.3 is 19.0 Å². The Balaban J connectivity index is 4.29. The summed E-state index contributed by atoms with van der Waals surface area (Å²) in [6.07, 6.45) is -0.446. The fourth-order valence-electron chi connectivity index (χ4n) is 0.756. The SMILES string of the molecule is COC(=O)C(C=O)C(OC)OC. The Morgan fingerprint density at radius 1 is 1.25 bits per heavy atom. The van der Waals surface area contributed by atoms with Crippen LogP contribution in [0.25, 0.3) is 0 Å². The lowest BCUT2D eigenvalue weighted by atomic mass is 10.1. The Kier molecular flexibility index (Phi) is 5.23. The number of ether oxygens (including phenoxy) is 3. The van der Waals surface area contributed by atoms with Crippen molar-refractivity contribution >= 4 is 12.3 Å². The maximum absolute atomic E-state index is 10.9. The van der Waals surface area contributed by atoms with E-state index < -0.39 is 18.2 Å². The van der Waals surface area contributed by atoms with Crippen LogP contribution in [-0.2, 0) is 23.8 Å². The molecule has 0 amide bonds. The van der Waals surface area contributed by atoms with Gasteiger partial charge in [0, 0.05) is 14.2 Å². The number of rotatable bonds is 5. The van der Waals surface area contributed by atoms with E-state index in [1.807, 2.05) is 0 Å². The van der Waals surface area contributed by atoms with Gasteiger partial charge in [-0.3, -0.25) is 4.79 Å². The van der Waals surface area contributed by atoms with E-state index in [0.717, 1.165) is 0 Å².